The van der Waals surface area contributed by atoms with Crippen LogP contribution >= 0.6 is 0 Å². The fourth-order valence-corrected chi connectivity index (χ4v) is 5.08. The lowest BCUT2D eigenvalue weighted by Gasteiger charge is -2.29. The van der Waals surface area contributed by atoms with E-state index in [1.807, 2.05) is 76.2 Å². The zero-order valence-corrected chi connectivity index (χ0v) is 23.6. The van der Waals surface area contributed by atoms with E-state index >= 15 is 0 Å². The summed E-state index contributed by atoms with van der Waals surface area (Å²) in [5.41, 5.74) is 6.44. The third-order valence-corrected chi connectivity index (χ3v) is 6.87. The summed E-state index contributed by atoms with van der Waals surface area (Å²) in [4.78, 5) is 30.6. The summed E-state index contributed by atoms with van der Waals surface area (Å²) in [6.07, 6.45) is 1.44. The number of nitrogens with one attached hydrogen (secondary N) is 3. The van der Waals surface area contributed by atoms with Crippen molar-refractivity contribution in [2.24, 2.45) is 0 Å². The van der Waals surface area contributed by atoms with Gasteiger partial charge in [-0.05, 0) is 68.7 Å². The first kappa shape index (κ1) is 27.4. The van der Waals surface area contributed by atoms with Gasteiger partial charge in [-0.25, -0.2) is 4.68 Å². The van der Waals surface area contributed by atoms with Crippen LogP contribution in [-0.2, 0) is 9.59 Å². The summed E-state index contributed by atoms with van der Waals surface area (Å²) in [6, 6.07) is 18.1. The van der Waals surface area contributed by atoms with Crippen LogP contribution < -0.4 is 25.4 Å². The third kappa shape index (κ3) is 5.76. The molecule has 0 saturated carbocycles. The van der Waals surface area contributed by atoms with Gasteiger partial charge in [0.2, 0.25) is 5.95 Å². The number of allylic oxidation sites excluding steroid dienone is 1. The highest BCUT2D eigenvalue weighted by molar-refractivity contribution is 6.06. The van der Waals surface area contributed by atoms with E-state index in [2.05, 4.69) is 26.0 Å². The standard InChI is InChI=1S/C31H32N6O4/c1-18-13-19(2)28(20(3)14-18)36-26(38)16-41-24-12-11-22(15-25(24)40-5)29-27(21(4)34-31-32-17-33-37(29)31)30(39)35-23-9-7-6-8-10-23/h6-15,17,29H,16H2,1-5H3,(H,35,39)(H,36,38)(H,32,33,34)/t29-/m0/s1. The summed E-state index contributed by atoms with van der Waals surface area (Å²) in [5, 5.41) is 13.5. The summed E-state index contributed by atoms with van der Waals surface area (Å²) >= 11 is 0. The van der Waals surface area contributed by atoms with Gasteiger partial charge in [0.1, 0.15) is 12.4 Å². The molecule has 2 heterocycles. The van der Waals surface area contributed by atoms with Crippen LogP contribution in [0.5, 0.6) is 11.5 Å². The van der Waals surface area contributed by atoms with Crippen molar-refractivity contribution in [2.75, 3.05) is 29.7 Å². The van der Waals surface area contributed by atoms with E-state index in [-0.39, 0.29) is 18.4 Å². The Labute approximate surface area is 238 Å². The van der Waals surface area contributed by atoms with Gasteiger partial charge in [-0.3, -0.25) is 9.59 Å². The Morgan fingerprint density at radius 1 is 0.951 bits per heavy atom. The number of ether oxygens (including phenoxy) is 2. The number of hydrogen-bond donors (Lipinski definition) is 3. The molecule has 1 atom stereocenters. The smallest absolute Gasteiger partial charge is 0.262 e. The maximum Gasteiger partial charge on any atom is 0.262 e. The highest BCUT2D eigenvalue weighted by Crippen LogP contribution is 2.39. The van der Waals surface area contributed by atoms with E-state index in [1.165, 1.54) is 13.4 Å². The highest BCUT2D eigenvalue weighted by Gasteiger charge is 2.34. The number of aromatic nitrogens is 3. The Hall–Kier alpha value is -5.12. The number of anilines is 3. The van der Waals surface area contributed by atoms with Crippen molar-refractivity contribution < 1.29 is 19.1 Å². The maximum absolute atomic E-state index is 13.5. The van der Waals surface area contributed by atoms with Crippen LogP contribution in [0.15, 0.2) is 78.3 Å². The van der Waals surface area contributed by atoms with Crippen LogP contribution in [0.4, 0.5) is 17.3 Å². The number of para-hydroxylation sites is 1. The largest absolute Gasteiger partial charge is 0.493 e. The van der Waals surface area contributed by atoms with Gasteiger partial charge in [-0.1, -0.05) is 42.0 Å². The summed E-state index contributed by atoms with van der Waals surface area (Å²) < 4.78 is 13.1. The second-order valence-corrected chi connectivity index (χ2v) is 9.94. The van der Waals surface area contributed by atoms with Crippen LogP contribution in [-0.4, -0.2) is 40.3 Å². The average molecular weight is 553 g/mol. The molecule has 4 aromatic rings. The Balaban J connectivity index is 1.39. The van der Waals surface area contributed by atoms with Crippen LogP contribution in [0.2, 0.25) is 0 Å². The van der Waals surface area contributed by atoms with Gasteiger partial charge >= 0.3 is 0 Å². The molecule has 2 amide bonds. The third-order valence-electron chi connectivity index (χ3n) is 6.87. The minimum Gasteiger partial charge on any atom is -0.493 e. The number of fused-ring (bicyclic) bond motifs is 1. The van der Waals surface area contributed by atoms with Crippen molar-refractivity contribution in [3.63, 3.8) is 0 Å². The molecule has 0 bridgehead atoms. The molecular formula is C31H32N6O4. The number of carbonyl (C=O) groups is 2. The molecule has 5 rings (SSSR count). The number of amides is 2. The molecule has 0 aliphatic carbocycles. The van der Waals surface area contributed by atoms with Crippen LogP contribution in [0.3, 0.4) is 0 Å². The van der Waals surface area contributed by atoms with Gasteiger partial charge in [0.05, 0.1) is 12.7 Å². The normalized spacial score (nSPS) is 14.1. The van der Waals surface area contributed by atoms with Gasteiger partial charge in [0, 0.05) is 17.1 Å². The molecule has 10 nitrogen and oxygen atoms in total. The summed E-state index contributed by atoms with van der Waals surface area (Å²) in [6.45, 7) is 7.57. The number of hydrogen-bond acceptors (Lipinski definition) is 7. The molecule has 0 radical (unpaired) electrons. The molecule has 0 fully saturated rings. The monoisotopic (exact) mass is 552 g/mol. The quantitative estimate of drug-likeness (QED) is 0.276. The molecular weight excluding hydrogens is 520 g/mol. The molecule has 1 aromatic heterocycles. The highest BCUT2D eigenvalue weighted by atomic mass is 16.5. The van der Waals surface area contributed by atoms with Crippen molar-refractivity contribution in [2.45, 2.75) is 33.7 Å². The number of nitrogens with zero attached hydrogens (tertiary/aromatic N) is 3. The lowest BCUT2D eigenvalue weighted by Crippen LogP contribution is -2.31. The van der Waals surface area contributed by atoms with E-state index in [9.17, 15) is 9.59 Å². The zero-order chi connectivity index (χ0) is 29.1. The van der Waals surface area contributed by atoms with Gasteiger partial charge in [0.25, 0.3) is 11.8 Å². The molecule has 0 saturated heterocycles. The Kier molecular flexibility index (Phi) is 7.73. The van der Waals surface area contributed by atoms with Crippen molar-refractivity contribution >= 4 is 29.1 Å². The van der Waals surface area contributed by atoms with Crippen molar-refractivity contribution in [1.82, 2.24) is 14.8 Å². The maximum atomic E-state index is 13.5. The van der Waals surface area contributed by atoms with Crippen LogP contribution in [0.25, 0.3) is 0 Å². The Morgan fingerprint density at radius 3 is 2.39 bits per heavy atom. The number of methoxy groups -OCH3 is 1. The van der Waals surface area contributed by atoms with E-state index in [1.54, 1.807) is 16.8 Å². The number of benzene rings is 3. The van der Waals surface area contributed by atoms with E-state index in [0.717, 1.165) is 27.9 Å². The van der Waals surface area contributed by atoms with Gasteiger partial charge in [-0.2, -0.15) is 10.1 Å². The van der Waals surface area contributed by atoms with Gasteiger partial charge in [0.15, 0.2) is 18.1 Å². The molecule has 0 unspecified atom stereocenters. The van der Waals surface area contributed by atoms with Crippen molar-refractivity contribution in [3.8, 4) is 11.5 Å². The van der Waals surface area contributed by atoms with Crippen molar-refractivity contribution in [3.05, 3.63) is 101 Å². The Bertz CT molecular complexity index is 1620. The molecule has 3 aromatic carbocycles. The molecule has 41 heavy (non-hydrogen) atoms. The topological polar surface area (TPSA) is 119 Å². The lowest BCUT2D eigenvalue weighted by molar-refractivity contribution is -0.118. The molecule has 210 valence electrons. The van der Waals surface area contributed by atoms with E-state index in [4.69, 9.17) is 9.47 Å². The second kappa shape index (κ2) is 11.5. The lowest BCUT2D eigenvalue weighted by atomic mass is 9.94. The average Bonchev–Trinajstić information content (AvgIpc) is 3.41. The summed E-state index contributed by atoms with van der Waals surface area (Å²) in [7, 11) is 1.53. The second-order valence-electron chi connectivity index (χ2n) is 9.94. The summed E-state index contributed by atoms with van der Waals surface area (Å²) in [5.74, 6) is 0.771. The fraction of sp³-hybridized carbons (Fsp3) is 0.226. The first-order chi connectivity index (χ1) is 19.7. The molecule has 1 aliphatic rings. The van der Waals surface area contributed by atoms with Gasteiger partial charge in [-0.15, -0.1) is 0 Å². The SMILES string of the molecule is COc1cc([C@H]2C(C(=O)Nc3ccccc3)=C(C)Nc3ncnn32)ccc1OCC(=O)Nc1c(C)cc(C)cc1C. The zero-order valence-electron chi connectivity index (χ0n) is 23.6. The van der Waals surface area contributed by atoms with E-state index < -0.39 is 6.04 Å². The first-order valence-electron chi connectivity index (χ1n) is 13.2. The molecule has 3 N–H and O–H groups in total. The minimum atomic E-state index is -0.587. The minimum absolute atomic E-state index is 0.202. The van der Waals surface area contributed by atoms with Crippen LogP contribution in [0, 0.1) is 20.8 Å². The van der Waals surface area contributed by atoms with Gasteiger partial charge < -0.3 is 25.4 Å². The Morgan fingerprint density at radius 2 is 1.68 bits per heavy atom. The molecule has 0 spiro atoms. The predicted molar refractivity (Wildman–Crippen MR) is 157 cm³/mol. The number of aryl methyl sites for hydroxylation is 3. The van der Waals surface area contributed by atoms with Crippen molar-refractivity contribution in [1.29, 1.82) is 0 Å². The molecule has 1 aliphatic heterocycles. The predicted octanol–water partition coefficient (Wildman–Crippen LogP) is 5.16. The molecule has 10 heteroatoms. The van der Waals surface area contributed by atoms with Crippen LogP contribution in [0.1, 0.15) is 35.2 Å². The number of carbonyl (C=O) groups excluding carboxylic acids is 2. The van der Waals surface area contributed by atoms with E-state index in [0.29, 0.717) is 34.4 Å². The number of rotatable bonds is 8. The fourth-order valence-electron chi connectivity index (χ4n) is 5.08. The first-order valence-corrected chi connectivity index (χ1v) is 13.2.